The van der Waals surface area contributed by atoms with Crippen LogP contribution in [0, 0.1) is 0 Å². The first-order chi connectivity index (χ1) is 9.69. The standard InChI is InChI=1S/C17H23NO2/c1-16(8-5-11-18-16)13-6-7-14-15(12-13)20-17(19-14)9-3-2-4-10-17/h6-7,12,18H,2-5,8-11H2,1H3. The number of nitrogens with one attached hydrogen (secondary N) is 1. The first-order valence-electron chi connectivity index (χ1n) is 7.97. The fourth-order valence-corrected chi connectivity index (χ4v) is 3.87. The molecule has 1 aromatic carbocycles. The molecule has 1 unspecified atom stereocenters. The maximum Gasteiger partial charge on any atom is 0.251 e. The molecule has 2 aliphatic heterocycles. The zero-order chi connectivity index (χ0) is 13.6. The highest BCUT2D eigenvalue weighted by molar-refractivity contribution is 5.47. The molecule has 1 spiro atoms. The smallest absolute Gasteiger partial charge is 0.251 e. The largest absolute Gasteiger partial charge is 0.448 e. The molecule has 3 aliphatic rings. The van der Waals surface area contributed by atoms with E-state index in [1.54, 1.807) is 0 Å². The van der Waals surface area contributed by atoms with Gasteiger partial charge in [0.1, 0.15) is 0 Å². The lowest BCUT2D eigenvalue weighted by Gasteiger charge is -2.31. The van der Waals surface area contributed by atoms with Gasteiger partial charge in [-0.05, 0) is 56.8 Å². The number of benzene rings is 1. The van der Waals surface area contributed by atoms with Gasteiger partial charge in [-0.1, -0.05) is 12.5 Å². The molecule has 1 aromatic rings. The van der Waals surface area contributed by atoms with Crippen LogP contribution in [0.2, 0.25) is 0 Å². The molecule has 3 nitrogen and oxygen atoms in total. The van der Waals surface area contributed by atoms with Gasteiger partial charge in [0, 0.05) is 18.4 Å². The zero-order valence-electron chi connectivity index (χ0n) is 12.2. The third-order valence-corrected chi connectivity index (χ3v) is 5.16. The van der Waals surface area contributed by atoms with Crippen molar-refractivity contribution in [3.05, 3.63) is 23.8 Å². The molecule has 3 heteroatoms. The number of rotatable bonds is 1. The maximum absolute atomic E-state index is 6.23. The van der Waals surface area contributed by atoms with Gasteiger partial charge in [-0.3, -0.25) is 0 Å². The van der Waals surface area contributed by atoms with E-state index in [9.17, 15) is 0 Å². The molecule has 20 heavy (non-hydrogen) atoms. The predicted molar refractivity (Wildman–Crippen MR) is 78.1 cm³/mol. The summed E-state index contributed by atoms with van der Waals surface area (Å²) in [7, 11) is 0. The molecular formula is C17H23NO2. The quantitative estimate of drug-likeness (QED) is 0.846. The molecule has 0 radical (unpaired) electrons. The summed E-state index contributed by atoms with van der Waals surface area (Å²) in [5.41, 5.74) is 1.42. The Bertz CT molecular complexity index is 514. The second-order valence-electron chi connectivity index (χ2n) is 6.70. The lowest BCUT2D eigenvalue weighted by Crippen LogP contribution is -2.40. The number of fused-ring (bicyclic) bond motifs is 1. The van der Waals surface area contributed by atoms with Crippen LogP contribution in [-0.2, 0) is 5.54 Å². The first-order valence-corrected chi connectivity index (χ1v) is 7.97. The molecule has 2 heterocycles. The van der Waals surface area contributed by atoms with E-state index >= 15 is 0 Å². The summed E-state index contributed by atoms with van der Waals surface area (Å²) in [6, 6.07) is 6.48. The molecule has 0 amide bonds. The minimum Gasteiger partial charge on any atom is -0.448 e. The van der Waals surface area contributed by atoms with Crippen LogP contribution in [0.25, 0.3) is 0 Å². The highest BCUT2D eigenvalue weighted by Crippen LogP contribution is 2.47. The molecular weight excluding hydrogens is 250 g/mol. The Balaban J connectivity index is 1.63. The summed E-state index contributed by atoms with van der Waals surface area (Å²) in [6.45, 7) is 3.39. The molecule has 1 N–H and O–H groups in total. The average Bonchev–Trinajstić information content (AvgIpc) is 3.03. The Labute approximate surface area is 120 Å². The molecule has 4 rings (SSSR count). The van der Waals surface area contributed by atoms with E-state index in [1.807, 2.05) is 0 Å². The summed E-state index contributed by atoms with van der Waals surface area (Å²) in [5, 5.41) is 3.62. The normalized spacial score (nSPS) is 30.9. The Kier molecular flexibility index (Phi) is 2.75. The maximum atomic E-state index is 6.23. The van der Waals surface area contributed by atoms with E-state index < -0.39 is 0 Å². The van der Waals surface area contributed by atoms with Gasteiger partial charge in [0.2, 0.25) is 0 Å². The van der Waals surface area contributed by atoms with Gasteiger partial charge in [0.25, 0.3) is 5.79 Å². The lowest BCUT2D eigenvalue weighted by molar-refractivity contribution is -0.105. The molecule has 108 valence electrons. The van der Waals surface area contributed by atoms with Crippen molar-refractivity contribution in [3.8, 4) is 11.5 Å². The molecule has 0 aromatic heterocycles. The Morgan fingerprint density at radius 2 is 1.75 bits per heavy atom. The van der Waals surface area contributed by atoms with E-state index in [-0.39, 0.29) is 11.3 Å². The molecule has 1 atom stereocenters. The first kappa shape index (κ1) is 12.5. The summed E-state index contributed by atoms with van der Waals surface area (Å²) in [5.74, 6) is 1.51. The Morgan fingerprint density at radius 3 is 2.50 bits per heavy atom. The van der Waals surface area contributed by atoms with Crippen molar-refractivity contribution in [1.82, 2.24) is 5.32 Å². The van der Waals surface area contributed by atoms with Crippen molar-refractivity contribution in [2.75, 3.05) is 6.54 Å². The minimum absolute atomic E-state index is 0.0979. The van der Waals surface area contributed by atoms with Crippen molar-refractivity contribution in [3.63, 3.8) is 0 Å². The lowest BCUT2D eigenvalue weighted by atomic mass is 9.90. The van der Waals surface area contributed by atoms with E-state index in [2.05, 4.69) is 30.4 Å². The Morgan fingerprint density at radius 1 is 0.950 bits per heavy atom. The molecule has 1 saturated heterocycles. The van der Waals surface area contributed by atoms with Crippen molar-refractivity contribution in [2.24, 2.45) is 0 Å². The van der Waals surface area contributed by atoms with Crippen LogP contribution in [0.3, 0.4) is 0 Å². The molecule has 0 bridgehead atoms. The number of hydrogen-bond acceptors (Lipinski definition) is 3. The van der Waals surface area contributed by atoms with Crippen LogP contribution in [-0.4, -0.2) is 12.3 Å². The van der Waals surface area contributed by atoms with Gasteiger partial charge in [0.15, 0.2) is 11.5 Å². The SMILES string of the molecule is CC1(c2ccc3c(c2)OC2(CCCCC2)O3)CCCN1. The van der Waals surface area contributed by atoms with E-state index in [0.29, 0.717) is 0 Å². The summed E-state index contributed by atoms with van der Waals surface area (Å²) in [6.07, 6.45) is 8.20. The van der Waals surface area contributed by atoms with E-state index in [4.69, 9.17) is 9.47 Å². The van der Waals surface area contributed by atoms with Crippen LogP contribution >= 0.6 is 0 Å². The van der Waals surface area contributed by atoms with Crippen molar-refractivity contribution >= 4 is 0 Å². The average molecular weight is 273 g/mol. The van der Waals surface area contributed by atoms with Gasteiger partial charge in [-0.2, -0.15) is 0 Å². The van der Waals surface area contributed by atoms with Crippen LogP contribution in [0.1, 0.15) is 57.4 Å². The fourth-order valence-electron chi connectivity index (χ4n) is 3.87. The third-order valence-electron chi connectivity index (χ3n) is 5.16. The van der Waals surface area contributed by atoms with Gasteiger partial charge in [0.05, 0.1) is 0 Å². The van der Waals surface area contributed by atoms with Crippen molar-refractivity contribution < 1.29 is 9.47 Å². The summed E-state index contributed by atoms with van der Waals surface area (Å²) < 4.78 is 12.4. The van der Waals surface area contributed by atoms with Crippen molar-refractivity contribution in [1.29, 1.82) is 0 Å². The third kappa shape index (κ3) is 1.91. The topological polar surface area (TPSA) is 30.5 Å². The monoisotopic (exact) mass is 273 g/mol. The fraction of sp³-hybridized carbons (Fsp3) is 0.647. The van der Waals surface area contributed by atoms with Crippen LogP contribution in [0.15, 0.2) is 18.2 Å². The number of ether oxygens (including phenoxy) is 2. The second-order valence-corrected chi connectivity index (χ2v) is 6.70. The second kappa shape index (κ2) is 4.39. The molecule has 1 saturated carbocycles. The van der Waals surface area contributed by atoms with Gasteiger partial charge < -0.3 is 14.8 Å². The molecule has 1 aliphatic carbocycles. The highest BCUT2D eigenvalue weighted by Gasteiger charge is 2.43. The minimum atomic E-state index is -0.358. The van der Waals surface area contributed by atoms with E-state index in [1.165, 1.54) is 37.7 Å². The molecule has 2 fully saturated rings. The van der Waals surface area contributed by atoms with Crippen LogP contribution < -0.4 is 14.8 Å². The van der Waals surface area contributed by atoms with Gasteiger partial charge >= 0.3 is 0 Å². The highest BCUT2D eigenvalue weighted by atomic mass is 16.7. The van der Waals surface area contributed by atoms with Crippen LogP contribution in [0.5, 0.6) is 11.5 Å². The Hall–Kier alpha value is -1.22. The van der Waals surface area contributed by atoms with Crippen LogP contribution in [0.4, 0.5) is 0 Å². The van der Waals surface area contributed by atoms with E-state index in [0.717, 1.165) is 30.9 Å². The summed E-state index contributed by atoms with van der Waals surface area (Å²) >= 11 is 0. The zero-order valence-corrected chi connectivity index (χ0v) is 12.2. The predicted octanol–water partition coefficient (Wildman–Crippen LogP) is 3.72. The number of hydrogen-bond donors (Lipinski definition) is 1. The van der Waals surface area contributed by atoms with Gasteiger partial charge in [-0.25, -0.2) is 0 Å². The summed E-state index contributed by atoms with van der Waals surface area (Å²) in [4.78, 5) is 0. The van der Waals surface area contributed by atoms with Gasteiger partial charge in [-0.15, -0.1) is 0 Å². The van der Waals surface area contributed by atoms with Crippen molar-refractivity contribution in [2.45, 2.75) is 63.2 Å².